The van der Waals surface area contributed by atoms with Crippen LogP contribution >= 0.6 is 15.9 Å². The van der Waals surface area contributed by atoms with Crippen LogP contribution in [0.3, 0.4) is 0 Å². The number of pyridine rings is 1. The van der Waals surface area contributed by atoms with Crippen molar-refractivity contribution in [1.82, 2.24) is 14.5 Å². The lowest BCUT2D eigenvalue weighted by Crippen LogP contribution is -2.00. The van der Waals surface area contributed by atoms with Crippen molar-refractivity contribution in [1.29, 1.82) is 0 Å². The Bertz CT molecular complexity index is 874. The van der Waals surface area contributed by atoms with Crippen LogP contribution in [0.5, 0.6) is 11.5 Å². The molecule has 0 aliphatic rings. The van der Waals surface area contributed by atoms with Crippen LogP contribution in [-0.2, 0) is 6.54 Å². The number of fused-ring (bicyclic) bond motifs is 1. The lowest BCUT2D eigenvalue weighted by atomic mass is 10.2. The lowest BCUT2D eigenvalue weighted by Gasteiger charge is -2.10. The lowest BCUT2D eigenvalue weighted by molar-refractivity contribution is 0.409. The number of aromatic nitrogens is 3. The number of ether oxygens (including phenoxy) is 2. The van der Waals surface area contributed by atoms with Crippen molar-refractivity contribution < 1.29 is 9.47 Å². The minimum atomic E-state index is 0.594. The van der Waals surface area contributed by atoms with E-state index >= 15 is 0 Å². The third-order valence-corrected chi connectivity index (χ3v) is 4.20. The number of imidazole rings is 1. The predicted octanol–water partition coefficient (Wildman–Crippen LogP) is 4.06. The number of benzene rings is 1. The topological polar surface area (TPSA) is 49.2 Å². The van der Waals surface area contributed by atoms with Crippen molar-refractivity contribution in [2.75, 3.05) is 14.2 Å². The van der Waals surface area contributed by atoms with E-state index in [4.69, 9.17) is 14.5 Å². The molecule has 3 rings (SSSR count). The number of methoxy groups -OCH3 is 2. The molecular weight excluding hydrogens is 358 g/mol. The van der Waals surface area contributed by atoms with Gasteiger partial charge >= 0.3 is 0 Å². The summed E-state index contributed by atoms with van der Waals surface area (Å²) >= 11 is 3.49. The van der Waals surface area contributed by atoms with E-state index in [-0.39, 0.29) is 0 Å². The highest BCUT2D eigenvalue weighted by molar-refractivity contribution is 9.10. The quantitative estimate of drug-likeness (QED) is 0.499. The molecule has 2 heterocycles. The van der Waals surface area contributed by atoms with Gasteiger partial charge in [0, 0.05) is 12.7 Å². The number of halogens is 1. The Morgan fingerprint density at radius 2 is 1.96 bits per heavy atom. The molecule has 0 saturated carbocycles. The van der Waals surface area contributed by atoms with E-state index in [9.17, 15) is 0 Å². The smallest absolute Gasteiger partial charge is 0.146 e. The molecule has 0 bridgehead atoms. The summed E-state index contributed by atoms with van der Waals surface area (Å²) in [6.45, 7) is 4.44. The second-order valence-electron chi connectivity index (χ2n) is 4.84. The van der Waals surface area contributed by atoms with Crippen molar-refractivity contribution in [3.05, 3.63) is 47.7 Å². The van der Waals surface area contributed by atoms with E-state index in [1.165, 1.54) is 0 Å². The van der Waals surface area contributed by atoms with E-state index in [1.807, 2.05) is 34.9 Å². The number of rotatable bonds is 5. The normalized spacial score (nSPS) is 10.7. The molecule has 6 heteroatoms. The van der Waals surface area contributed by atoms with Gasteiger partial charge in [-0.15, -0.1) is 6.58 Å². The highest BCUT2D eigenvalue weighted by atomic mass is 79.9. The molecule has 2 aromatic heterocycles. The van der Waals surface area contributed by atoms with Gasteiger partial charge in [0.1, 0.15) is 33.0 Å². The highest BCUT2D eigenvalue weighted by Gasteiger charge is 2.20. The van der Waals surface area contributed by atoms with Crippen LogP contribution in [0.25, 0.3) is 22.4 Å². The van der Waals surface area contributed by atoms with Crippen LogP contribution < -0.4 is 9.47 Å². The number of hydrogen-bond acceptors (Lipinski definition) is 4. The van der Waals surface area contributed by atoms with Crippen molar-refractivity contribution in [2.24, 2.45) is 0 Å². The van der Waals surface area contributed by atoms with Crippen LogP contribution in [0.2, 0.25) is 0 Å². The second kappa shape index (κ2) is 6.42. The molecule has 0 spiro atoms. The maximum absolute atomic E-state index is 5.52. The fourth-order valence-electron chi connectivity index (χ4n) is 2.58. The van der Waals surface area contributed by atoms with Crippen LogP contribution in [0, 0.1) is 0 Å². The molecule has 0 unspecified atom stereocenters. The molecule has 1 aromatic carbocycles. The summed E-state index contributed by atoms with van der Waals surface area (Å²) in [6, 6.07) is 7.59. The van der Waals surface area contributed by atoms with E-state index in [1.54, 1.807) is 20.4 Å². The van der Waals surface area contributed by atoms with Gasteiger partial charge < -0.3 is 14.0 Å². The van der Waals surface area contributed by atoms with Gasteiger partial charge in [0.25, 0.3) is 0 Å². The Morgan fingerprint density at radius 3 is 2.61 bits per heavy atom. The minimum Gasteiger partial charge on any atom is -0.494 e. The Kier molecular flexibility index (Phi) is 4.34. The summed E-state index contributed by atoms with van der Waals surface area (Å²) < 4.78 is 13.8. The van der Waals surface area contributed by atoms with Gasteiger partial charge in [0.05, 0.1) is 19.8 Å². The van der Waals surface area contributed by atoms with Crippen LogP contribution in [0.1, 0.15) is 0 Å². The molecular formula is C17H16BrN3O2. The Labute approximate surface area is 142 Å². The summed E-state index contributed by atoms with van der Waals surface area (Å²) in [5, 5.41) is 0. The van der Waals surface area contributed by atoms with Crippen LogP contribution in [-0.4, -0.2) is 28.8 Å². The summed E-state index contributed by atoms with van der Waals surface area (Å²) in [5.74, 6) is 2.22. The zero-order valence-electron chi connectivity index (χ0n) is 12.9. The second-order valence-corrected chi connectivity index (χ2v) is 5.59. The number of allylic oxidation sites excluding steroid dienone is 1. The molecule has 0 amide bonds. The van der Waals surface area contributed by atoms with Crippen LogP contribution in [0.4, 0.5) is 0 Å². The first kappa shape index (κ1) is 15.6. The largest absolute Gasteiger partial charge is 0.494 e. The molecule has 0 aliphatic carbocycles. The molecule has 23 heavy (non-hydrogen) atoms. The summed E-state index contributed by atoms with van der Waals surface area (Å²) in [7, 11) is 3.28. The molecule has 0 saturated heterocycles. The molecule has 0 fully saturated rings. The summed E-state index contributed by atoms with van der Waals surface area (Å²) in [5.41, 5.74) is 2.52. The van der Waals surface area contributed by atoms with Gasteiger partial charge in [0.15, 0.2) is 0 Å². The zero-order valence-corrected chi connectivity index (χ0v) is 14.5. The third-order valence-electron chi connectivity index (χ3n) is 3.57. The fourth-order valence-corrected chi connectivity index (χ4v) is 3.01. The Hall–Kier alpha value is -2.34. The molecule has 3 aromatic rings. The fraction of sp³-hybridized carbons (Fsp3) is 0.176. The van der Waals surface area contributed by atoms with Gasteiger partial charge in [0.2, 0.25) is 0 Å². The molecule has 0 radical (unpaired) electrons. The maximum Gasteiger partial charge on any atom is 0.146 e. The summed E-state index contributed by atoms with van der Waals surface area (Å²) in [4.78, 5) is 9.07. The summed E-state index contributed by atoms with van der Waals surface area (Å²) in [6.07, 6.45) is 3.56. The zero-order chi connectivity index (χ0) is 16.4. The third kappa shape index (κ3) is 2.59. The van der Waals surface area contributed by atoms with E-state index < -0.39 is 0 Å². The predicted molar refractivity (Wildman–Crippen MR) is 94.0 cm³/mol. The van der Waals surface area contributed by atoms with Gasteiger partial charge in [-0.1, -0.05) is 6.08 Å². The number of hydrogen-bond donors (Lipinski definition) is 0. The standard InChI is InChI=1S/C17H16BrN3O2/c1-4-10-21-15-13(23-3)8-7-12(22-2)14(15)20-17(21)11-6-5-9-19-16(11)18/h4-9H,1,10H2,2-3H3. The first-order valence-corrected chi connectivity index (χ1v) is 7.83. The maximum atomic E-state index is 5.52. The van der Waals surface area contributed by atoms with Gasteiger partial charge in [-0.25, -0.2) is 9.97 Å². The van der Waals surface area contributed by atoms with Gasteiger partial charge in [-0.3, -0.25) is 0 Å². The molecule has 0 atom stereocenters. The van der Waals surface area contributed by atoms with E-state index in [0.717, 1.165) is 32.8 Å². The Morgan fingerprint density at radius 1 is 1.22 bits per heavy atom. The monoisotopic (exact) mass is 373 g/mol. The molecule has 0 N–H and O–H groups in total. The first-order chi connectivity index (χ1) is 11.2. The van der Waals surface area contributed by atoms with Crippen molar-refractivity contribution >= 4 is 27.0 Å². The highest BCUT2D eigenvalue weighted by Crippen LogP contribution is 2.37. The van der Waals surface area contributed by atoms with Crippen LogP contribution in [0.15, 0.2) is 47.7 Å². The van der Waals surface area contributed by atoms with Crippen molar-refractivity contribution in [3.8, 4) is 22.9 Å². The molecule has 0 aliphatic heterocycles. The average molecular weight is 374 g/mol. The van der Waals surface area contributed by atoms with E-state index in [2.05, 4.69) is 27.5 Å². The van der Waals surface area contributed by atoms with Gasteiger partial charge in [-0.2, -0.15) is 0 Å². The van der Waals surface area contributed by atoms with Gasteiger partial charge in [-0.05, 0) is 40.2 Å². The van der Waals surface area contributed by atoms with Crippen molar-refractivity contribution in [2.45, 2.75) is 6.54 Å². The molecule has 5 nitrogen and oxygen atoms in total. The first-order valence-electron chi connectivity index (χ1n) is 7.04. The molecule has 118 valence electrons. The van der Waals surface area contributed by atoms with E-state index in [0.29, 0.717) is 12.3 Å². The van der Waals surface area contributed by atoms with Crippen molar-refractivity contribution in [3.63, 3.8) is 0 Å². The SMILES string of the molecule is C=CCn1c(-c2cccnc2Br)nc2c(OC)ccc(OC)c21. The number of nitrogens with zero attached hydrogens (tertiary/aromatic N) is 3. The Balaban J connectivity index is 2.40. The average Bonchev–Trinajstić information content (AvgIpc) is 2.94. The minimum absolute atomic E-state index is 0.594.